The van der Waals surface area contributed by atoms with E-state index in [4.69, 9.17) is 11.6 Å². The van der Waals surface area contributed by atoms with Crippen LogP contribution in [0.1, 0.15) is 5.56 Å². The minimum absolute atomic E-state index is 0.200. The zero-order chi connectivity index (χ0) is 15.5. The van der Waals surface area contributed by atoms with Crippen molar-refractivity contribution < 1.29 is 8.42 Å². The molecule has 7 heteroatoms. The summed E-state index contributed by atoms with van der Waals surface area (Å²) in [6.07, 6.45) is 0. The van der Waals surface area contributed by atoms with Crippen molar-refractivity contribution in [2.75, 3.05) is 11.8 Å². The smallest absolute Gasteiger partial charge is 0.261 e. The minimum atomic E-state index is -3.68. The second-order valence-electron chi connectivity index (χ2n) is 4.41. The van der Waals surface area contributed by atoms with Crippen molar-refractivity contribution in [1.29, 1.82) is 0 Å². The van der Waals surface area contributed by atoms with E-state index in [9.17, 15) is 8.42 Å². The third-order valence-corrected chi connectivity index (χ3v) is 4.95. The average molecular weight is 390 g/mol. The third-order valence-electron chi connectivity index (χ3n) is 2.76. The van der Waals surface area contributed by atoms with Crippen LogP contribution >= 0.6 is 27.5 Å². The van der Waals surface area contributed by atoms with E-state index in [0.717, 1.165) is 10.0 Å². The van der Waals surface area contributed by atoms with E-state index < -0.39 is 10.0 Å². The fourth-order valence-electron chi connectivity index (χ4n) is 1.81. The zero-order valence-corrected chi connectivity index (χ0v) is 14.4. The van der Waals surface area contributed by atoms with Gasteiger partial charge in [-0.2, -0.15) is 0 Å². The van der Waals surface area contributed by atoms with Gasteiger partial charge in [-0.15, -0.1) is 0 Å². The van der Waals surface area contributed by atoms with Crippen molar-refractivity contribution in [2.24, 2.45) is 0 Å². The highest BCUT2D eigenvalue weighted by Gasteiger charge is 2.16. The quantitative estimate of drug-likeness (QED) is 0.821. The van der Waals surface area contributed by atoms with Crippen molar-refractivity contribution in [3.8, 4) is 0 Å². The number of sulfonamides is 1. The fourth-order valence-corrected chi connectivity index (χ4v) is 3.53. The molecule has 0 atom stereocenters. The predicted octanol–water partition coefficient (Wildman–Crippen LogP) is 3.62. The fraction of sp³-hybridized carbons (Fsp3) is 0.143. The molecule has 0 saturated heterocycles. The van der Waals surface area contributed by atoms with Crippen LogP contribution in [0.3, 0.4) is 0 Å². The maximum Gasteiger partial charge on any atom is 0.261 e. The Balaban J connectivity index is 2.34. The first-order valence-corrected chi connectivity index (χ1v) is 8.79. The summed E-state index contributed by atoms with van der Waals surface area (Å²) < 4.78 is 28.1. The largest absolute Gasteiger partial charge is 0.316 e. The van der Waals surface area contributed by atoms with Gasteiger partial charge in [0.05, 0.1) is 15.6 Å². The molecule has 4 nitrogen and oxygen atoms in total. The monoisotopic (exact) mass is 388 g/mol. The molecule has 0 fully saturated rings. The van der Waals surface area contributed by atoms with E-state index in [-0.39, 0.29) is 4.90 Å². The highest BCUT2D eigenvalue weighted by atomic mass is 79.9. The second kappa shape index (κ2) is 6.79. The Kier molecular flexibility index (Phi) is 5.27. The van der Waals surface area contributed by atoms with Crippen LogP contribution < -0.4 is 10.0 Å². The van der Waals surface area contributed by atoms with Crippen LogP contribution in [0.2, 0.25) is 5.02 Å². The molecule has 0 amide bonds. The minimum Gasteiger partial charge on any atom is -0.316 e. The van der Waals surface area contributed by atoms with Gasteiger partial charge in [-0.25, -0.2) is 8.42 Å². The number of anilines is 1. The van der Waals surface area contributed by atoms with Crippen LogP contribution in [0.25, 0.3) is 0 Å². The lowest BCUT2D eigenvalue weighted by atomic mass is 10.2. The van der Waals surface area contributed by atoms with E-state index in [0.29, 0.717) is 17.3 Å². The summed E-state index contributed by atoms with van der Waals surface area (Å²) in [5.74, 6) is 0. The number of halogens is 2. The molecule has 2 aromatic carbocycles. The van der Waals surface area contributed by atoms with Gasteiger partial charge in [0.15, 0.2) is 0 Å². The molecule has 0 spiro atoms. The normalized spacial score (nSPS) is 11.4. The van der Waals surface area contributed by atoms with Crippen molar-refractivity contribution in [3.63, 3.8) is 0 Å². The second-order valence-corrected chi connectivity index (χ2v) is 7.41. The first-order valence-electron chi connectivity index (χ1n) is 6.14. The van der Waals surface area contributed by atoms with Crippen LogP contribution in [0.4, 0.5) is 5.69 Å². The molecular formula is C14H14BrClN2O2S. The van der Waals surface area contributed by atoms with Gasteiger partial charge < -0.3 is 5.32 Å². The lowest BCUT2D eigenvalue weighted by Gasteiger charge is -2.11. The Hall–Kier alpha value is -1.08. The molecule has 0 unspecified atom stereocenters. The highest BCUT2D eigenvalue weighted by molar-refractivity contribution is 9.10. The molecule has 2 aromatic rings. The molecule has 0 bridgehead atoms. The number of rotatable bonds is 5. The molecule has 0 radical (unpaired) electrons. The van der Waals surface area contributed by atoms with Gasteiger partial charge >= 0.3 is 0 Å². The first-order chi connectivity index (χ1) is 9.92. The van der Waals surface area contributed by atoms with Gasteiger partial charge in [0.25, 0.3) is 10.0 Å². The number of hydrogen-bond donors (Lipinski definition) is 2. The van der Waals surface area contributed by atoms with Gasteiger partial charge in [-0.3, -0.25) is 4.72 Å². The van der Waals surface area contributed by atoms with Gasteiger partial charge in [-0.1, -0.05) is 39.7 Å². The van der Waals surface area contributed by atoms with E-state index in [1.807, 2.05) is 6.07 Å². The Morgan fingerprint density at radius 3 is 2.67 bits per heavy atom. The maximum absolute atomic E-state index is 12.4. The molecule has 0 aliphatic heterocycles. The molecule has 2 N–H and O–H groups in total. The molecule has 0 heterocycles. The Morgan fingerprint density at radius 2 is 1.95 bits per heavy atom. The van der Waals surface area contributed by atoms with Crippen LogP contribution in [0.5, 0.6) is 0 Å². The van der Waals surface area contributed by atoms with Crippen molar-refractivity contribution in [2.45, 2.75) is 11.4 Å². The summed E-state index contributed by atoms with van der Waals surface area (Å²) in [4.78, 5) is 0.200. The van der Waals surface area contributed by atoms with Gasteiger partial charge in [-0.05, 0) is 42.9 Å². The summed E-state index contributed by atoms with van der Waals surface area (Å²) in [6.45, 7) is 0.598. The van der Waals surface area contributed by atoms with Gasteiger partial charge in [0.1, 0.15) is 0 Å². The van der Waals surface area contributed by atoms with Crippen LogP contribution in [0, 0.1) is 0 Å². The topological polar surface area (TPSA) is 58.2 Å². The third kappa shape index (κ3) is 4.20. The van der Waals surface area contributed by atoms with Crippen LogP contribution in [-0.2, 0) is 16.6 Å². The predicted molar refractivity (Wildman–Crippen MR) is 89.2 cm³/mol. The Bertz CT molecular complexity index is 750. The van der Waals surface area contributed by atoms with Crippen molar-refractivity contribution in [1.82, 2.24) is 5.32 Å². The van der Waals surface area contributed by atoms with E-state index >= 15 is 0 Å². The molecular weight excluding hydrogens is 376 g/mol. The average Bonchev–Trinajstić information content (AvgIpc) is 2.43. The number of nitrogens with one attached hydrogen (secondary N) is 2. The summed E-state index contributed by atoms with van der Waals surface area (Å²) >= 11 is 9.30. The van der Waals surface area contributed by atoms with Gasteiger partial charge in [0, 0.05) is 11.0 Å². The Morgan fingerprint density at radius 1 is 1.19 bits per heavy atom. The van der Waals surface area contributed by atoms with Crippen molar-refractivity contribution >= 4 is 43.2 Å². The molecule has 112 valence electrons. The van der Waals surface area contributed by atoms with E-state index in [2.05, 4.69) is 26.0 Å². The Labute approximate surface area is 137 Å². The lowest BCUT2D eigenvalue weighted by molar-refractivity contribution is 0.601. The maximum atomic E-state index is 12.4. The SMILES string of the molecule is CNCc1cccc(S(=O)(=O)Nc2cc(Br)ccc2Cl)c1. The zero-order valence-electron chi connectivity index (χ0n) is 11.2. The van der Waals surface area contributed by atoms with Crippen LogP contribution in [-0.4, -0.2) is 15.5 Å². The molecule has 21 heavy (non-hydrogen) atoms. The molecule has 0 saturated carbocycles. The summed E-state index contributed by atoms with van der Waals surface area (Å²) in [6, 6.07) is 11.7. The molecule has 0 aromatic heterocycles. The first kappa shape index (κ1) is 16.3. The van der Waals surface area contributed by atoms with Crippen molar-refractivity contribution in [3.05, 3.63) is 57.5 Å². The summed E-state index contributed by atoms with van der Waals surface area (Å²) in [5, 5.41) is 3.33. The lowest BCUT2D eigenvalue weighted by Crippen LogP contribution is -2.14. The summed E-state index contributed by atoms with van der Waals surface area (Å²) in [5.41, 5.74) is 1.23. The van der Waals surface area contributed by atoms with E-state index in [1.54, 1.807) is 43.4 Å². The highest BCUT2D eigenvalue weighted by Crippen LogP contribution is 2.28. The number of benzene rings is 2. The van der Waals surface area contributed by atoms with Crippen LogP contribution in [0.15, 0.2) is 51.8 Å². The number of hydrogen-bond acceptors (Lipinski definition) is 3. The molecule has 0 aliphatic rings. The standard InChI is InChI=1S/C14H14BrClN2O2S/c1-17-9-10-3-2-4-12(7-10)21(19,20)18-14-8-11(15)5-6-13(14)16/h2-8,17-18H,9H2,1H3. The van der Waals surface area contributed by atoms with Gasteiger partial charge in [0.2, 0.25) is 0 Å². The van der Waals surface area contributed by atoms with E-state index in [1.165, 1.54) is 0 Å². The molecule has 0 aliphatic carbocycles. The molecule has 2 rings (SSSR count). The summed E-state index contributed by atoms with van der Waals surface area (Å²) in [7, 11) is -1.87.